The Morgan fingerprint density at radius 2 is 2.08 bits per heavy atom. The van der Waals surface area contributed by atoms with E-state index in [2.05, 4.69) is 10.00 Å². The first-order chi connectivity index (χ1) is 12.0. The molecule has 1 aromatic carbocycles. The van der Waals surface area contributed by atoms with Crippen molar-refractivity contribution in [3.63, 3.8) is 0 Å². The molecule has 2 aliphatic rings. The van der Waals surface area contributed by atoms with Crippen LogP contribution < -0.4 is 0 Å². The average Bonchev–Trinajstić information content (AvgIpc) is 3.28. The number of benzene rings is 1. The van der Waals surface area contributed by atoms with Gasteiger partial charge in [0, 0.05) is 56.1 Å². The van der Waals surface area contributed by atoms with Gasteiger partial charge in [-0.1, -0.05) is 6.07 Å². The minimum atomic E-state index is -0.314. The molecule has 0 bridgehead atoms. The second-order valence-electron chi connectivity index (χ2n) is 7.17. The van der Waals surface area contributed by atoms with Gasteiger partial charge in [0.05, 0.1) is 6.20 Å². The van der Waals surface area contributed by atoms with Crippen molar-refractivity contribution in [2.45, 2.75) is 38.4 Å². The highest BCUT2D eigenvalue weighted by Crippen LogP contribution is 2.33. The molecule has 3 heterocycles. The summed E-state index contributed by atoms with van der Waals surface area (Å²) < 4.78 is 15.6. The number of carbonyl (C=O) groups excluding carboxylic acids is 1. The van der Waals surface area contributed by atoms with Crippen LogP contribution in [0.5, 0.6) is 0 Å². The molecule has 6 heteroatoms. The topological polar surface area (TPSA) is 41.4 Å². The van der Waals surface area contributed by atoms with Gasteiger partial charge in [0.2, 0.25) is 0 Å². The third kappa shape index (κ3) is 2.95. The Hall–Kier alpha value is -2.21. The Labute approximate surface area is 147 Å². The molecule has 0 aliphatic carbocycles. The molecule has 2 aromatic rings. The normalized spacial score (nSPS) is 23.2. The lowest BCUT2D eigenvalue weighted by Crippen LogP contribution is -2.39. The molecule has 1 amide bonds. The van der Waals surface area contributed by atoms with Crippen molar-refractivity contribution in [3.8, 4) is 0 Å². The number of likely N-dealkylation sites (tertiary alicyclic amines) is 2. The molecular formula is C19H23FN4O. The van der Waals surface area contributed by atoms with Crippen molar-refractivity contribution >= 4 is 5.91 Å². The summed E-state index contributed by atoms with van der Waals surface area (Å²) in [6.45, 7) is 4.31. The van der Waals surface area contributed by atoms with E-state index in [1.807, 2.05) is 29.0 Å². The number of rotatable bonds is 3. The van der Waals surface area contributed by atoms with Crippen LogP contribution in [0, 0.1) is 12.7 Å². The second kappa shape index (κ2) is 6.26. The van der Waals surface area contributed by atoms with Crippen LogP contribution in [-0.4, -0.2) is 50.7 Å². The van der Waals surface area contributed by atoms with E-state index in [1.165, 1.54) is 11.6 Å². The maximum Gasteiger partial charge on any atom is 0.254 e. The minimum absolute atomic E-state index is 0.0466. The van der Waals surface area contributed by atoms with Crippen molar-refractivity contribution < 1.29 is 9.18 Å². The maximum absolute atomic E-state index is 13.8. The third-order valence-corrected chi connectivity index (χ3v) is 5.52. The molecule has 5 nitrogen and oxygen atoms in total. The van der Waals surface area contributed by atoms with E-state index in [-0.39, 0.29) is 17.8 Å². The molecule has 4 rings (SSSR count). The molecule has 25 heavy (non-hydrogen) atoms. The van der Waals surface area contributed by atoms with E-state index in [9.17, 15) is 9.18 Å². The quantitative estimate of drug-likeness (QED) is 0.860. The summed E-state index contributed by atoms with van der Waals surface area (Å²) in [7, 11) is 1.92. The molecule has 132 valence electrons. The fraction of sp³-hybridized carbons (Fsp3) is 0.474. The molecule has 0 N–H and O–H groups in total. The summed E-state index contributed by atoms with van der Waals surface area (Å²) in [4.78, 5) is 17.2. The summed E-state index contributed by atoms with van der Waals surface area (Å²) >= 11 is 0. The van der Waals surface area contributed by atoms with E-state index in [4.69, 9.17) is 0 Å². The van der Waals surface area contributed by atoms with Gasteiger partial charge in [-0.15, -0.1) is 0 Å². The standard InChI is InChI=1S/C19H23FN4O/c1-13-3-4-15(9-16(13)20)19(25)24-8-6-17-18(24)5-7-23(17)12-14-10-21-22(2)11-14/h3-4,9-11,17-18H,5-8,12H2,1-2H3/t17-,18+/m0/s1. The van der Waals surface area contributed by atoms with Crippen LogP contribution >= 0.6 is 0 Å². The van der Waals surface area contributed by atoms with Crippen LogP contribution in [0.2, 0.25) is 0 Å². The van der Waals surface area contributed by atoms with Gasteiger partial charge in [-0.3, -0.25) is 14.4 Å². The number of aryl methyl sites for hydroxylation is 2. The molecule has 1 aromatic heterocycles. The van der Waals surface area contributed by atoms with Gasteiger partial charge in [-0.05, 0) is 37.5 Å². The molecule has 0 spiro atoms. The Kier molecular flexibility index (Phi) is 4.07. The van der Waals surface area contributed by atoms with E-state index in [0.717, 1.165) is 32.5 Å². The Morgan fingerprint density at radius 3 is 2.80 bits per heavy atom. The summed E-state index contributed by atoms with van der Waals surface area (Å²) in [5.74, 6) is -0.360. The van der Waals surface area contributed by atoms with Gasteiger partial charge < -0.3 is 4.90 Å². The number of halogens is 1. The zero-order valence-electron chi connectivity index (χ0n) is 14.7. The smallest absolute Gasteiger partial charge is 0.254 e. The van der Waals surface area contributed by atoms with Crippen LogP contribution in [0.25, 0.3) is 0 Å². The lowest BCUT2D eigenvalue weighted by Gasteiger charge is -2.25. The number of aromatic nitrogens is 2. The molecule has 2 saturated heterocycles. The number of fused-ring (bicyclic) bond motifs is 1. The fourth-order valence-electron chi connectivity index (χ4n) is 4.20. The van der Waals surface area contributed by atoms with Gasteiger partial charge in [-0.25, -0.2) is 4.39 Å². The van der Waals surface area contributed by atoms with Gasteiger partial charge in [0.1, 0.15) is 5.82 Å². The van der Waals surface area contributed by atoms with Crippen molar-refractivity contribution in [3.05, 3.63) is 53.1 Å². The summed E-state index contributed by atoms with van der Waals surface area (Å²) in [6.07, 6.45) is 5.90. The number of hydrogen-bond acceptors (Lipinski definition) is 3. The Balaban J connectivity index is 1.47. The number of amides is 1. The number of hydrogen-bond donors (Lipinski definition) is 0. The average molecular weight is 342 g/mol. The number of carbonyl (C=O) groups is 1. The lowest BCUT2D eigenvalue weighted by atomic mass is 10.1. The first-order valence-corrected chi connectivity index (χ1v) is 8.81. The first-order valence-electron chi connectivity index (χ1n) is 8.81. The summed E-state index contributed by atoms with van der Waals surface area (Å²) in [5, 5.41) is 4.23. The molecule has 0 saturated carbocycles. The predicted molar refractivity (Wildman–Crippen MR) is 92.6 cm³/mol. The highest BCUT2D eigenvalue weighted by Gasteiger charge is 2.44. The third-order valence-electron chi connectivity index (χ3n) is 5.52. The van der Waals surface area contributed by atoms with Crippen molar-refractivity contribution in [1.82, 2.24) is 19.6 Å². The second-order valence-corrected chi connectivity index (χ2v) is 7.17. The Morgan fingerprint density at radius 1 is 1.28 bits per heavy atom. The van der Waals surface area contributed by atoms with E-state index >= 15 is 0 Å². The fourth-order valence-corrected chi connectivity index (χ4v) is 4.20. The lowest BCUT2D eigenvalue weighted by molar-refractivity contribution is 0.0731. The van der Waals surface area contributed by atoms with Crippen LogP contribution in [0.3, 0.4) is 0 Å². The maximum atomic E-state index is 13.8. The summed E-state index contributed by atoms with van der Waals surface area (Å²) in [6, 6.07) is 5.40. The molecule has 2 fully saturated rings. The zero-order chi connectivity index (χ0) is 17.6. The van der Waals surface area contributed by atoms with Crippen molar-refractivity contribution in [2.24, 2.45) is 7.05 Å². The predicted octanol–water partition coefficient (Wildman–Crippen LogP) is 2.36. The SMILES string of the molecule is Cc1ccc(C(=O)N2CC[C@H]3[C@H]2CCN3Cc2cnn(C)c2)cc1F. The van der Waals surface area contributed by atoms with Gasteiger partial charge in [0.15, 0.2) is 0 Å². The van der Waals surface area contributed by atoms with Gasteiger partial charge >= 0.3 is 0 Å². The van der Waals surface area contributed by atoms with Crippen LogP contribution in [0.1, 0.15) is 34.3 Å². The van der Waals surface area contributed by atoms with Crippen LogP contribution in [0.15, 0.2) is 30.6 Å². The monoisotopic (exact) mass is 342 g/mol. The minimum Gasteiger partial charge on any atom is -0.334 e. The highest BCUT2D eigenvalue weighted by molar-refractivity contribution is 5.94. The highest BCUT2D eigenvalue weighted by atomic mass is 19.1. The molecule has 0 radical (unpaired) electrons. The molecule has 0 unspecified atom stereocenters. The van der Waals surface area contributed by atoms with Gasteiger partial charge in [0.25, 0.3) is 5.91 Å². The Bertz CT molecular complexity index is 802. The molecular weight excluding hydrogens is 319 g/mol. The van der Waals surface area contributed by atoms with E-state index < -0.39 is 0 Å². The van der Waals surface area contributed by atoms with Gasteiger partial charge in [-0.2, -0.15) is 5.10 Å². The van der Waals surface area contributed by atoms with E-state index in [0.29, 0.717) is 17.2 Å². The number of nitrogens with zero attached hydrogens (tertiary/aromatic N) is 4. The first kappa shape index (κ1) is 16.3. The molecule has 2 aliphatic heterocycles. The van der Waals surface area contributed by atoms with Crippen LogP contribution in [0.4, 0.5) is 4.39 Å². The van der Waals surface area contributed by atoms with Crippen molar-refractivity contribution in [2.75, 3.05) is 13.1 Å². The van der Waals surface area contributed by atoms with Crippen LogP contribution in [-0.2, 0) is 13.6 Å². The summed E-state index contributed by atoms with van der Waals surface area (Å²) in [5.41, 5.74) is 2.22. The van der Waals surface area contributed by atoms with Crippen molar-refractivity contribution in [1.29, 1.82) is 0 Å². The van der Waals surface area contributed by atoms with E-state index in [1.54, 1.807) is 19.1 Å². The largest absolute Gasteiger partial charge is 0.334 e. The zero-order valence-corrected chi connectivity index (χ0v) is 14.7. The molecule has 2 atom stereocenters.